The van der Waals surface area contributed by atoms with Gasteiger partial charge in [0.05, 0.1) is 25.4 Å². The van der Waals surface area contributed by atoms with Crippen LogP contribution < -0.4 is 25.0 Å². The average molecular weight is 517 g/mol. The average Bonchev–Trinajstić information content (AvgIpc) is 3.29. The van der Waals surface area contributed by atoms with Gasteiger partial charge < -0.3 is 19.8 Å². The Morgan fingerprint density at radius 2 is 1.69 bits per heavy atom. The number of piperazine rings is 1. The third-order valence-electron chi connectivity index (χ3n) is 6.15. The maximum absolute atomic E-state index is 13.7. The van der Waals surface area contributed by atoms with Crippen molar-refractivity contribution in [1.29, 1.82) is 0 Å². The van der Waals surface area contributed by atoms with Gasteiger partial charge in [0, 0.05) is 65.2 Å². The molecular weight excluding hydrogens is 486 g/mol. The molecule has 6 nitrogen and oxygen atoms in total. The molecule has 1 N–H and O–H groups in total. The number of hydrogen-bond acceptors (Lipinski definition) is 5. The van der Waals surface area contributed by atoms with E-state index in [1.54, 1.807) is 37.0 Å². The number of ether oxygens (including phenoxy) is 1. The Bertz CT molecular complexity index is 1340. The number of rotatable bonds is 6. The van der Waals surface area contributed by atoms with Crippen molar-refractivity contribution in [3.05, 3.63) is 65.3 Å². The number of anilines is 1. The lowest BCUT2D eigenvalue weighted by molar-refractivity contribution is 0.152. The number of hydrogen-bond donors (Lipinski definition) is 1. The van der Waals surface area contributed by atoms with Crippen LogP contribution >= 0.6 is 11.6 Å². The molecule has 192 valence electrons. The van der Waals surface area contributed by atoms with E-state index in [1.807, 2.05) is 44.2 Å². The highest BCUT2D eigenvalue weighted by Crippen LogP contribution is 2.42. The van der Waals surface area contributed by atoms with Crippen LogP contribution in [0.15, 0.2) is 54.7 Å². The van der Waals surface area contributed by atoms with E-state index in [-0.39, 0.29) is 5.56 Å². The van der Waals surface area contributed by atoms with Crippen LogP contribution in [0.4, 0.5) is 14.5 Å². The fraction of sp³-hybridized carbons (Fsp3) is 0.333. The standard InChI is InChI=1S/C25H25ClF2N4O2.C2H6/c1-30(32-15-20(25(27)28)19-13-16(26)7-8-21(19)32)34-23-14-22(31-11-9-29-10-12-31)24(33-2)18-6-4-3-5-17(18)23;1-2/h3-8,13-15,25,29H,9-12H2,1-2H3;1-2H3. The van der Waals surface area contributed by atoms with Gasteiger partial charge in [-0.3, -0.25) is 0 Å². The van der Waals surface area contributed by atoms with E-state index >= 15 is 0 Å². The topological polar surface area (TPSA) is 41.9 Å². The van der Waals surface area contributed by atoms with Crippen LogP contribution in [-0.2, 0) is 0 Å². The van der Waals surface area contributed by atoms with Gasteiger partial charge in [0.15, 0.2) is 5.75 Å². The van der Waals surface area contributed by atoms with E-state index in [0.29, 0.717) is 21.7 Å². The molecule has 0 unspecified atom stereocenters. The predicted molar refractivity (Wildman–Crippen MR) is 144 cm³/mol. The summed E-state index contributed by atoms with van der Waals surface area (Å²) in [6.07, 6.45) is -1.26. The second kappa shape index (κ2) is 11.2. The molecule has 1 aliphatic heterocycles. The molecule has 0 bridgehead atoms. The summed E-state index contributed by atoms with van der Waals surface area (Å²) in [5.74, 6) is 1.38. The van der Waals surface area contributed by atoms with E-state index in [9.17, 15) is 8.78 Å². The molecular formula is C27H31ClF2N4O2. The van der Waals surface area contributed by atoms with Gasteiger partial charge in [0.25, 0.3) is 6.43 Å². The lowest BCUT2D eigenvalue weighted by Gasteiger charge is -2.32. The first-order valence-electron chi connectivity index (χ1n) is 12.0. The minimum atomic E-state index is -2.64. The summed E-state index contributed by atoms with van der Waals surface area (Å²) < 4.78 is 34.9. The van der Waals surface area contributed by atoms with Crippen LogP contribution in [0, 0.1) is 0 Å². The van der Waals surface area contributed by atoms with E-state index in [2.05, 4.69) is 10.2 Å². The van der Waals surface area contributed by atoms with Crippen LogP contribution in [0.1, 0.15) is 25.8 Å². The maximum atomic E-state index is 13.7. The molecule has 1 aliphatic rings. The normalized spacial score (nSPS) is 13.6. The lowest BCUT2D eigenvalue weighted by Crippen LogP contribution is -2.43. The molecule has 1 saturated heterocycles. The summed E-state index contributed by atoms with van der Waals surface area (Å²) in [5.41, 5.74) is 1.40. The van der Waals surface area contributed by atoms with E-state index in [4.69, 9.17) is 21.2 Å². The van der Waals surface area contributed by atoms with Gasteiger partial charge in [-0.15, -0.1) is 5.17 Å². The fourth-order valence-corrected chi connectivity index (χ4v) is 4.71. The van der Waals surface area contributed by atoms with Gasteiger partial charge in [-0.05, 0) is 18.2 Å². The number of benzene rings is 3. The molecule has 4 aromatic rings. The van der Waals surface area contributed by atoms with Crippen molar-refractivity contribution < 1.29 is 18.4 Å². The van der Waals surface area contributed by atoms with E-state index in [1.165, 1.54) is 11.4 Å². The number of halogens is 3. The van der Waals surface area contributed by atoms with Gasteiger partial charge in [0.2, 0.25) is 0 Å². The molecule has 36 heavy (non-hydrogen) atoms. The number of alkyl halides is 2. The van der Waals surface area contributed by atoms with Gasteiger partial charge in [-0.25, -0.2) is 13.5 Å². The zero-order valence-corrected chi connectivity index (χ0v) is 21.6. The summed E-state index contributed by atoms with van der Waals surface area (Å²) in [6, 6.07) is 14.7. The van der Waals surface area contributed by atoms with Crippen LogP contribution in [-0.4, -0.2) is 45.0 Å². The molecule has 0 aliphatic carbocycles. The minimum absolute atomic E-state index is 0.103. The molecule has 0 radical (unpaired) electrons. The van der Waals surface area contributed by atoms with Gasteiger partial charge >= 0.3 is 0 Å². The smallest absolute Gasteiger partial charge is 0.265 e. The van der Waals surface area contributed by atoms with Crippen LogP contribution in [0.25, 0.3) is 21.7 Å². The third kappa shape index (κ3) is 4.88. The molecule has 0 saturated carbocycles. The highest BCUT2D eigenvalue weighted by molar-refractivity contribution is 6.31. The molecule has 5 rings (SSSR count). The SMILES string of the molecule is CC.COc1c(N2CCNCC2)cc(ON(C)n2cc(C(F)F)c3cc(Cl)ccc32)c2ccccc12. The number of aromatic nitrogens is 1. The van der Waals surface area contributed by atoms with Crippen molar-refractivity contribution >= 4 is 39.0 Å². The zero-order chi connectivity index (χ0) is 25.8. The second-order valence-corrected chi connectivity index (χ2v) is 8.59. The third-order valence-corrected chi connectivity index (χ3v) is 6.38. The monoisotopic (exact) mass is 516 g/mol. The molecule has 1 aromatic heterocycles. The number of hydroxylamine groups is 1. The highest BCUT2D eigenvalue weighted by Gasteiger charge is 2.23. The summed E-state index contributed by atoms with van der Waals surface area (Å²) in [7, 11) is 3.36. The van der Waals surface area contributed by atoms with Crippen LogP contribution in [0.5, 0.6) is 11.5 Å². The van der Waals surface area contributed by atoms with Crippen LogP contribution in [0.3, 0.4) is 0 Å². The number of fused-ring (bicyclic) bond motifs is 2. The number of nitrogens with zero attached hydrogens (tertiary/aromatic N) is 3. The highest BCUT2D eigenvalue weighted by atomic mass is 35.5. The Morgan fingerprint density at radius 3 is 2.36 bits per heavy atom. The Kier molecular flexibility index (Phi) is 8.06. The molecule has 0 amide bonds. The van der Waals surface area contributed by atoms with Crippen molar-refractivity contribution in [2.45, 2.75) is 20.3 Å². The first-order valence-corrected chi connectivity index (χ1v) is 12.4. The first kappa shape index (κ1) is 25.9. The molecule has 2 heterocycles. The van der Waals surface area contributed by atoms with Crippen molar-refractivity contribution in [3.8, 4) is 11.5 Å². The zero-order valence-electron chi connectivity index (χ0n) is 20.9. The largest absolute Gasteiger partial charge is 0.494 e. The predicted octanol–water partition coefficient (Wildman–Crippen LogP) is 6.39. The van der Waals surface area contributed by atoms with E-state index < -0.39 is 6.43 Å². The molecule has 0 atom stereocenters. The van der Waals surface area contributed by atoms with Gasteiger partial charge in [0.1, 0.15) is 5.75 Å². The van der Waals surface area contributed by atoms with Gasteiger partial charge in [-0.1, -0.05) is 49.7 Å². The molecule has 3 aromatic carbocycles. The summed E-state index contributed by atoms with van der Waals surface area (Å²) in [5, 5.41) is 7.39. The first-order chi connectivity index (χ1) is 17.5. The Morgan fingerprint density at radius 1 is 1.00 bits per heavy atom. The fourth-order valence-electron chi connectivity index (χ4n) is 4.54. The molecule has 1 fully saturated rings. The minimum Gasteiger partial charge on any atom is -0.494 e. The van der Waals surface area contributed by atoms with Crippen molar-refractivity contribution in [2.75, 3.05) is 50.4 Å². The van der Waals surface area contributed by atoms with Crippen molar-refractivity contribution in [3.63, 3.8) is 0 Å². The Labute approximate surface area is 214 Å². The van der Waals surface area contributed by atoms with Gasteiger partial charge in [-0.2, -0.15) is 0 Å². The van der Waals surface area contributed by atoms with E-state index in [0.717, 1.165) is 48.4 Å². The van der Waals surface area contributed by atoms with Crippen molar-refractivity contribution in [1.82, 2.24) is 9.99 Å². The number of nitrogens with one attached hydrogen (secondary N) is 1. The second-order valence-electron chi connectivity index (χ2n) is 8.16. The molecule has 0 spiro atoms. The lowest BCUT2D eigenvalue weighted by atomic mass is 10.1. The van der Waals surface area contributed by atoms with Crippen molar-refractivity contribution in [2.24, 2.45) is 0 Å². The molecule has 9 heteroatoms. The summed E-state index contributed by atoms with van der Waals surface area (Å²) in [6.45, 7) is 7.43. The summed E-state index contributed by atoms with van der Waals surface area (Å²) in [4.78, 5) is 8.56. The quantitative estimate of drug-likeness (QED) is 0.301. The number of methoxy groups -OCH3 is 1. The maximum Gasteiger partial charge on any atom is 0.265 e. The van der Waals surface area contributed by atoms with Crippen LogP contribution in [0.2, 0.25) is 5.02 Å². The Balaban J connectivity index is 0.00000148. The summed E-state index contributed by atoms with van der Waals surface area (Å²) >= 11 is 6.08. The Hall–Kier alpha value is -3.23.